The summed E-state index contributed by atoms with van der Waals surface area (Å²) in [5, 5.41) is 0. The summed E-state index contributed by atoms with van der Waals surface area (Å²) in [7, 11) is 0. The van der Waals surface area contributed by atoms with E-state index < -0.39 is 6.10 Å². The lowest BCUT2D eigenvalue weighted by molar-refractivity contribution is -0.166. The zero-order chi connectivity index (χ0) is 42.3. The minimum absolute atomic E-state index is 0.0962. The molecule has 0 N–H and O–H groups in total. The lowest BCUT2D eigenvalue weighted by Gasteiger charge is -2.18. The molecule has 0 spiro atoms. The smallest absolute Gasteiger partial charge is 0.306 e. The van der Waals surface area contributed by atoms with Crippen LogP contribution >= 0.6 is 0 Å². The van der Waals surface area contributed by atoms with Gasteiger partial charge in [0.1, 0.15) is 13.2 Å². The highest BCUT2D eigenvalue weighted by Gasteiger charge is 2.19. The first-order valence-corrected chi connectivity index (χ1v) is 23.9. The second-order valence-electron chi connectivity index (χ2n) is 15.6. The van der Waals surface area contributed by atoms with Gasteiger partial charge in [-0.2, -0.15) is 0 Å². The third-order valence-corrected chi connectivity index (χ3v) is 9.99. The van der Waals surface area contributed by atoms with Gasteiger partial charge in [0.2, 0.25) is 0 Å². The van der Waals surface area contributed by atoms with Gasteiger partial charge in [-0.15, -0.1) is 0 Å². The van der Waals surface area contributed by atoms with Crippen molar-refractivity contribution >= 4 is 17.9 Å². The zero-order valence-electron chi connectivity index (χ0n) is 37.8. The number of allylic oxidation sites excluding steroid dienone is 12. The number of unbranched alkanes of at least 4 members (excludes halogenated alkanes) is 19. The molecule has 0 aromatic carbocycles. The predicted octanol–water partition coefficient (Wildman–Crippen LogP) is 15.5. The maximum absolute atomic E-state index is 12.7. The topological polar surface area (TPSA) is 78.9 Å². The standard InChI is InChI=1S/C52H88O6/c1-4-7-10-13-16-19-22-23-24-25-26-27-28-29-31-33-36-39-42-45-51(54)57-48-49(47-56-50(53)44-41-38-35-32-21-18-15-12-9-6-3)58-52(55)46-43-40-37-34-30-20-17-14-11-8-5-2/h7,10,16,19,23-24,26-27,29,31,36,39,49H,4-6,8-9,11-15,17-18,20-22,25,28,30,32-35,37-38,40-48H2,1-3H3/b10-7-,19-16-,24-23-,27-26-,31-29-,39-36-/t49-/m1/s1. The van der Waals surface area contributed by atoms with E-state index in [-0.39, 0.29) is 37.5 Å². The van der Waals surface area contributed by atoms with Crippen LogP contribution in [0.1, 0.15) is 220 Å². The van der Waals surface area contributed by atoms with Crippen LogP contribution in [0.15, 0.2) is 72.9 Å². The van der Waals surface area contributed by atoms with Crippen LogP contribution in [-0.2, 0) is 28.6 Å². The molecule has 0 aromatic rings. The van der Waals surface area contributed by atoms with Crippen LogP contribution in [0, 0.1) is 0 Å². The molecular weight excluding hydrogens is 721 g/mol. The van der Waals surface area contributed by atoms with Gasteiger partial charge in [-0.3, -0.25) is 14.4 Å². The maximum atomic E-state index is 12.7. The molecule has 0 aliphatic heterocycles. The van der Waals surface area contributed by atoms with Crippen LogP contribution < -0.4 is 0 Å². The number of hydrogen-bond acceptors (Lipinski definition) is 6. The van der Waals surface area contributed by atoms with Crippen LogP contribution in [0.3, 0.4) is 0 Å². The van der Waals surface area contributed by atoms with E-state index in [2.05, 4.69) is 87.6 Å². The number of rotatable bonds is 42. The van der Waals surface area contributed by atoms with Crippen molar-refractivity contribution < 1.29 is 28.6 Å². The second kappa shape index (κ2) is 46.5. The quantitative estimate of drug-likeness (QED) is 0.0264. The highest BCUT2D eigenvalue weighted by molar-refractivity contribution is 5.71. The molecule has 0 amide bonds. The molecule has 0 heterocycles. The molecule has 0 bridgehead atoms. The number of carbonyl (C=O) groups excluding carboxylic acids is 3. The Morgan fingerprint density at radius 3 is 1.05 bits per heavy atom. The van der Waals surface area contributed by atoms with Crippen LogP contribution in [0.25, 0.3) is 0 Å². The summed E-state index contributed by atoms with van der Waals surface area (Å²) >= 11 is 0. The Bertz CT molecular complexity index is 1110. The molecule has 6 heteroatoms. The molecule has 0 saturated carbocycles. The van der Waals surface area contributed by atoms with Gasteiger partial charge >= 0.3 is 17.9 Å². The second-order valence-corrected chi connectivity index (χ2v) is 15.6. The third-order valence-electron chi connectivity index (χ3n) is 9.99. The Morgan fingerprint density at radius 1 is 0.362 bits per heavy atom. The van der Waals surface area contributed by atoms with Crippen molar-refractivity contribution in [1.29, 1.82) is 0 Å². The lowest BCUT2D eigenvalue weighted by atomic mass is 10.1. The summed E-state index contributed by atoms with van der Waals surface area (Å²) in [5.74, 6) is -0.988. The van der Waals surface area contributed by atoms with Crippen LogP contribution in [0.4, 0.5) is 0 Å². The molecule has 0 fully saturated rings. The van der Waals surface area contributed by atoms with Gasteiger partial charge in [-0.05, 0) is 57.8 Å². The van der Waals surface area contributed by atoms with Gasteiger partial charge in [0.25, 0.3) is 0 Å². The van der Waals surface area contributed by atoms with Gasteiger partial charge in [-0.1, -0.05) is 216 Å². The maximum Gasteiger partial charge on any atom is 0.306 e. The Kier molecular flexibility index (Phi) is 44.0. The normalized spacial score (nSPS) is 12.7. The van der Waals surface area contributed by atoms with Crippen LogP contribution in [0.5, 0.6) is 0 Å². The van der Waals surface area contributed by atoms with E-state index in [1.165, 1.54) is 96.3 Å². The number of ether oxygens (including phenoxy) is 3. The Morgan fingerprint density at radius 2 is 0.672 bits per heavy atom. The summed E-state index contributed by atoms with van der Waals surface area (Å²) < 4.78 is 16.6. The van der Waals surface area contributed by atoms with E-state index in [4.69, 9.17) is 14.2 Å². The van der Waals surface area contributed by atoms with E-state index in [9.17, 15) is 14.4 Å². The first-order valence-electron chi connectivity index (χ1n) is 23.9. The van der Waals surface area contributed by atoms with E-state index in [0.29, 0.717) is 19.3 Å². The van der Waals surface area contributed by atoms with Crippen molar-refractivity contribution in [3.05, 3.63) is 72.9 Å². The predicted molar refractivity (Wildman–Crippen MR) is 247 cm³/mol. The SMILES string of the molecule is CC/C=C\C/C=C\C/C=C\C/C=C\C/C=C\C/C=C\CCC(=O)OC[C@@H](COC(=O)CCCCCCCCCCCC)OC(=O)CCCCCCCCCCCCC. The fraction of sp³-hybridized carbons (Fsp3) is 0.712. The van der Waals surface area contributed by atoms with Gasteiger partial charge in [0.15, 0.2) is 6.10 Å². The number of carbonyl (C=O) groups is 3. The fourth-order valence-corrected chi connectivity index (χ4v) is 6.41. The summed E-state index contributed by atoms with van der Waals surface area (Å²) in [4.78, 5) is 37.7. The first kappa shape index (κ1) is 54.9. The Balaban J connectivity index is 4.45. The van der Waals surface area contributed by atoms with E-state index in [0.717, 1.165) is 77.0 Å². The zero-order valence-corrected chi connectivity index (χ0v) is 37.8. The monoisotopic (exact) mass is 809 g/mol. The Labute approximate surface area is 357 Å². The van der Waals surface area contributed by atoms with Crippen molar-refractivity contribution in [2.45, 2.75) is 226 Å². The average Bonchev–Trinajstić information content (AvgIpc) is 3.22. The van der Waals surface area contributed by atoms with Crippen molar-refractivity contribution in [1.82, 2.24) is 0 Å². The molecule has 0 unspecified atom stereocenters. The molecule has 0 aromatic heterocycles. The number of esters is 3. The molecular formula is C52H88O6. The molecule has 0 saturated heterocycles. The number of hydrogen-bond donors (Lipinski definition) is 0. The van der Waals surface area contributed by atoms with E-state index in [1.807, 2.05) is 6.08 Å². The fourth-order valence-electron chi connectivity index (χ4n) is 6.41. The van der Waals surface area contributed by atoms with Crippen molar-refractivity contribution in [3.8, 4) is 0 Å². The molecule has 0 aliphatic carbocycles. The molecule has 6 nitrogen and oxygen atoms in total. The summed E-state index contributed by atoms with van der Waals surface area (Å²) in [6.07, 6.45) is 57.5. The summed E-state index contributed by atoms with van der Waals surface area (Å²) in [5.41, 5.74) is 0. The van der Waals surface area contributed by atoms with Gasteiger partial charge in [0.05, 0.1) is 0 Å². The molecule has 332 valence electrons. The highest BCUT2D eigenvalue weighted by Crippen LogP contribution is 2.14. The average molecular weight is 809 g/mol. The lowest BCUT2D eigenvalue weighted by Crippen LogP contribution is -2.30. The summed E-state index contributed by atoms with van der Waals surface area (Å²) in [6, 6.07) is 0. The van der Waals surface area contributed by atoms with Crippen molar-refractivity contribution in [2.75, 3.05) is 13.2 Å². The first-order chi connectivity index (χ1) is 28.5. The molecule has 1 atom stereocenters. The Hall–Kier alpha value is -3.15. The molecule has 0 aliphatic rings. The highest BCUT2D eigenvalue weighted by atomic mass is 16.6. The van der Waals surface area contributed by atoms with Crippen LogP contribution in [0.2, 0.25) is 0 Å². The van der Waals surface area contributed by atoms with Crippen LogP contribution in [-0.4, -0.2) is 37.2 Å². The minimum atomic E-state index is -0.799. The van der Waals surface area contributed by atoms with Gasteiger partial charge < -0.3 is 14.2 Å². The van der Waals surface area contributed by atoms with E-state index in [1.54, 1.807) is 0 Å². The minimum Gasteiger partial charge on any atom is -0.462 e. The van der Waals surface area contributed by atoms with Crippen molar-refractivity contribution in [2.24, 2.45) is 0 Å². The molecule has 58 heavy (non-hydrogen) atoms. The van der Waals surface area contributed by atoms with Crippen molar-refractivity contribution in [3.63, 3.8) is 0 Å². The molecule has 0 radical (unpaired) electrons. The van der Waals surface area contributed by atoms with Gasteiger partial charge in [-0.25, -0.2) is 0 Å². The van der Waals surface area contributed by atoms with Gasteiger partial charge in [0, 0.05) is 19.3 Å². The summed E-state index contributed by atoms with van der Waals surface area (Å²) in [6.45, 7) is 6.43. The van der Waals surface area contributed by atoms with E-state index >= 15 is 0 Å². The molecule has 0 rings (SSSR count). The third kappa shape index (κ3) is 44.0. The largest absolute Gasteiger partial charge is 0.462 e.